The van der Waals surface area contributed by atoms with Crippen LogP contribution < -0.4 is 10.2 Å². The second-order valence-corrected chi connectivity index (χ2v) is 9.11. The van der Waals surface area contributed by atoms with Crippen LogP contribution >= 0.6 is 0 Å². The number of nitrogens with zero attached hydrogens (tertiary/aromatic N) is 5. The van der Waals surface area contributed by atoms with Crippen molar-refractivity contribution < 1.29 is 4.39 Å². The smallest absolute Gasteiger partial charge is 0.132 e. The fourth-order valence-electron chi connectivity index (χ4n) is 4.49. The summed E-state index contributed by atoms with van der Waals surface area (Å²) in [5.74, 6) is 3.36. The van der Waals surface area contributed by atoms with E-state index in [9.17, 15) is 4.39 Å². The zero-order valence-electron chi connectivity index (χ0n) is 19.7. The lowest BCUT2D eigenvalue weighted by molar-refractivity contribution is 0.364. The Balaban J connectivity index is 1.53. The predicted molar refractivity (Wildman–Crippen MR) is 130 cm³/mol. The first-order valence-electron chi connectivity index (χ1n) is 11.9. The van der Waals surface area contributed by atoms with Crippen molar-refractivity contribution in [2.24, 2.45) is 13.0 Å². The molecule has 3 aromatic heterocycles. The molecular formula is C25H35FN6. The van der Waals surface area contributed by atoms with Gasteiger partial charge in [0.25, 0.3) is 0 Å². The Morgan fingerprint density at radius 1 is 1.22 bits per heavy atom. The van der Waals surface area contributed by atoms with Crippen LogP contribution in [0.1, 0.15) is 57.8 Å². The Morgan fingerprint density at radius 2 is 2.06 bits per heavy atom. The number of hydrogen-bond donors (Lipinski definition) is 1. The number of nitrogens with one attached hydrogen (secondary N) is 1. The molecule has 1 aliphatic rings. The second kappa shape index (κ2) is 9.84. The summed E-state index contributed by atoms with van der Waals surface area (Å²) in [6, 6.07) is 4.13. The van der Waals surface area contributed by atoms with Crippen LogP contribution in [0.25, 0.3) is 11.0 Å². The summed E-state index contributed by atoms with van der Waals surface area (Å²) in [4.78, 5) is 16.0. The zero-order chi connectivity index (χ0) is 22.7. The van der Waals surface area contributed by atoms with Gasteiger partial charge in [0.2, 0.25) is 0 Å². The van der Waals surface area contributed by atoms with Gasteiger partial charge in [-0.05, 0) is 30.4 Å². The molecule has 0 bridgehead atoms. The molecular weight excluding hydrogens is 403 g/mol. The maximum Gasteiger partial charge on any atom is 0.132 e. The maximum atomic E-state index is 13.6. The van der Waals surface area contributed by atoms with Crippen molar-refractivity contribution in [1.29, 1.82) is 0 Å². The van der Waals surface area contributed by atoms with Gasteiger partial charge in [-0.3, -0.25) is 0 Å². The lowest BCUT2D eigenvalue weighted by Gasteiger charge is -2.19. The first kappa shape index (κ1) is 22.5. The van der Waals surface area contributed by atoms with Crippen LogP contribution in [0, 0.1) is 5.92 Å². The molecule has 7 heteroatoms. The van der Waals surface area contributed by atoms with Crippen LogP contribution in [0.4, 0.5) is 21.7 Å². The summed E-state index contributed by atoms with van der Waals surface area (Å²) in [5.41, 5.74) is 4.09. The Morgan fingerprint density at radius 3 is 2.78 bits per heavy atom. The van der Waals surface area contributed by atoms with E-state index in [-0.39, 0.29) is 0 Å². The predicted octanol–water partition coefficient (Wildman–Crippen LogP) is 5.59. The van der Waals surface area contributed by atoms with Crippen molar-refractivity contribution in [2.75, 3.05) is 23.3 Å². The molecule has 1 N–H and O–H groups in total. The van der Waals surface area contributed by atoms with E-state index in [1.54, 1.807) is 0 Å². The van der Waals surface area contributed by atoms with Crippen molar-refractivity contribution in [2.45, 2.75) is 65.5 Å². The number of halogens is 1. The highest BCUT2D eigenvalue weighted by Crippen LogP contribution is 2.28. The SMILES string of the molecule is CCCCC(C)Cc1nc2cnc(Nc3cnc(N4CCC(F)C4)cc3CC)cc2n1C. The van der Waals surface area contributed by atoms with Gasteiger partial charge >= 0.3 is 0 Å². The van der Waals surface area contributed by atoms with Gasteiger partial charge in [0.05, 0.1) is 30.1 Å². The fourth-order valence-corrected chi connectivity index (χ4v) is 4.49. The summed E-state index contributed by atoms with van der Waals surface area (Å²) in [6.45, 7) is 7.82. The van der Waals surface area contributed by atoms with E-state index in [1.165, 1.54) is 19.3 Å². The summed E-state index contributed by atoms with van der Waals surface area (Å²) < 4.78 is 15.8. The van der Waals surface area contributed by atoms with Crippen LogP contribution in [-0.2, 0) is 19.9 Å². The molecule has 0 spiro atoms. The molecule has 3 aromatic rings. The maximum absolute atomic E-state index is 13.6. The summed E-state index contributed by atoms with van der Waals surface area (Å²) in [5, 5.41) is 3.44. The third-order valence-corrected chi connectivity index (χ3v) is 6.51. The number of aryl methyl sites for hydroxylation is 2. The molecule has 2 unspecified atom stereocenters. The van der Waals surface area contributed by atoms with E-state index in [0.29, 0.717) is 18.9 Å². The average molecular weight is 439 g/mol. The van der Waals surface area contributed by atoms with Gasteiger partial charge < -0.3 is 14.8 Å². The van der Waals surface area contributed by atoms with E-state index >= 15 is 0 Å². The summed E-state index contributed by atoms with van der Waals surface area (Å²) >= 11 is 0. The second-order valence-electron chi connectivity index (χ2n) is 9.11. The minimum atomic E-state index is -0.756. The number of anilines is 3. The van der Waals surface area contributed by atoms with Gasteiger partial charge in [0, 0.05) is 26.1 Å². The average Bonchev–Trinajstić information content (AvgIpc) is 3.36. The van der Waals surface area contributed by atoms with E-state index < -0.39 is 6.17 Å². The Hall–Kier alpha value is -2.70. The van der Waals surface area contributed by atoms with Gasteiger partial charge in [0.15, 0.2) is 0 Å². The van der Waals surface area contributed by atoms with Crippen LogP contribution in [-0.4, -0.2) is 38.8 Å². The van der Waals surface area contributed by atoms with Crippen LogP contribution in [0.2, 0.25) is 0 Å². The third kappa shape index (κ3) is 4.87. The number of hydrogen-bond acceptors (Lipinski definition) is 5. The van der Waals surface area contributed by atoms with Crippen molar-refractivity contribution in [3.8, 4) is 0 Å². The molecule has 4 rings (SSSR count). The highest BCUT2D eigenvalue weighted by molar-refractivity contribution is 5.79. The lowest BCUT2D eigenvalue weighted by atomic mass is 10.0. The molecule has 2 atom stereocenters. The van der Waals surface area contributed by atoms with Gasteiger partial charge in [-0.2, -0.15) is 0 Å². The van der Waals surface area contributed by atoms with Crippen molar-refractivity contribution >= 4 is 28.4 Å². The van der Waals surface area contributed by atoms with Crippen LogP contribution in [0.3, 0.4) is 0 Å². The normalized spacial score (nSPS) is 17.3. The lowest BCUT2D eigenvalue weighted by Crippen LogP contribution is -2.21. The topological polar surface area (TPSA) is 58.9 Å². The number of alkyl halides is 1. The molecule has 1 aliphatic heterocycles. The number of unbranched alkanes of at least 4 members (excludes halogenated alkanes) is 1. The fraction of sp³-hybridized carbons (Fsp3) is 0.560. The Kier molecular flexibility index (Phi) is 6.92. The molecule has 1 fully saturated rings. The summed E-state index contributed by atoms with van der Waals surface area (Å²) in [7, 11) is 2.09. The first-order valence-corrected chi connectivity index (χ1v) is 11.9. The molecule has 0 amide bonds. The highest BCUT2D eigenvalue weighted by atomic mass is 19.1. The molecule has 32 heavy (non-hydrogen) atoms. The standard InChI is InChI=1S/C25H35FN6/c1-5-7-8-17(3)11-25-30-21-15-27-23(13-22(21)31(25)4)29-20-14-28-24(12-18(20)6-2)32-10-9-19(26)16-32/h12-15,17,19H,5-11,16H2,1-4H3,(H,27,29). The molecule has 0 saturated carbocycles. The number of imidazole rings is 1. The van der Waals surface area contributed by atoms with Crippen molar-refractivity contribution in [3.63, 3.8) is 0 Å². The van der Waals surface area contributed by atoms with Gasteiger partial charge in [-0.25, -0.2) is 19.3 Å². The molecule has 6 nitrogen and oxygen atoms in total. The van der Waals surface area contributed by atoms with Gasteiger partial charge in [-0.15, -0.1) is 0 Å². The highest BCUT2D eigenvalue weighted by Gasteiger charge is 2.23. The third-order valence-electron chi connectivity index (χ3n) is 6.51. The Bertz CT molecular complexity index is 1060. The Labute approximate surface area is 190 Å². The largest absolute Gasteiger partial charge is 0.354 e. The zero-order valence-corrected chi connectivity index (χ0v) is 19.7. The van der Waals surface area contributed by atoms with E-state index in [2.05, 4.69) is 59.8 Å². The molecule has 0 aromatic carbocycles. The van der Waals surface area contributed by atoms with Crippen molar-refractivity contribution in [3.05, 3.63) is 35.9 Å². The molecule has 172 valence electrons. The van der Waals surface area contributed by atoms with Crippen LogP contribution in [0.5, 0.6) is 0 Å². The van der Waals surface area contributed by atoms with Gasteiger partial charge in [-0.1, -0.05) is 40.0 Å². The van der Waals surface area contributed by atoms with E-state index in [1.807, 2.05) is 17.3 Å². The number of fused-ring (bicyclic) bond motifs is 1. The molecule has 0 radical (unpaired) electrons. The molecule has 1 saturated heterocycles. The molecule has 0 aliphatic carbocycles. The first-order chi connectivity index (χ1) is 15.5. The number of pyridine rings is 2. The minimum Gasteiger partial charge on any atom is -0.354 e. The molecule has 4 heterocycles. The van der Waals surface area contributed by atoms with Gasteiger partial charge in [0.1, 0.15) is 29.1 Å². The monoisotopic (exact) mass is 438 g/mol. The number of aromatic nitrogens is 4. The summed E-state index contributed by atoms with van der Waals surface area (Å²) in [6.07, 6.45) is 9.08. The quantitative estimate of drug-likeness (QED) is 0.472. The van der Waals surface area contributed by atoms with E-state index in [0.717, 1.165) is 59.1 Å². The van der Waals surface area contributed by atoms with Crippen LogP contribution in [0.15, 0.2) is 24.5 Å². The minimum absolute atomic E-state index is 0.432. The van der Waals surface area contributed by atoms with Crippen molar-refractivity contribution in [1.82, 2.24) is 19.5 Å². The number of rotatable bonds is 9. The van der Waals surface area contributed by atoms with E-state index in [4.69, 9.17) is 4.98 Å².